The highest BCUT2D eigenvalue weighted by Gasteiger charge is 2.49. The van der Waals surface area contributed by atoms with Crippen molar-refractivity contribution in [3.8, 4) is 11.5 Å². The van der Waals surface area contributed by atoms with Gasteiger partial charge in [-0.05, 0) is 61.4 Å². The van der Waals surface area contributed by atoms with Gasteiger partial charge in [0.2, 0.25) is 0 Å². The van der Waals surface area contributed by atoms with Crippen LogP contribution in [0.3, 0.4) is 0 Å². The molecule has 0 amide bonds. The summed E-state index contributed by atoms with van der Waals surface area (Å²) in [5.41, 5.74) is 0.916. The van der Waals surface area contributed by atoms with E-state index in [1.54, 1.807) is 62.8 Å². The van der Waals surface area contributed by atoms with Crippen LogP contribution in [0.2, 0.25) is 0 Å². The Hall–Kier alpha value is -3.06. The highest BCUT2D eigenvalue weighted by atomic mass is 16.6. The largest absolute Gasteiger partial charge is 0.497 e. The number of hydrogen-bond donors (Lipinski definition) is 0. The average molecular weight is 533 g/mol. The predicted octanol–water partition coefficient (Wildman–Crippen LogP) is 7.37. The summed E-state index contributed by atoms with van der Waals surface area (Å²) < 4.78 is 27.4. The Kier molecular flexibility index (Phi) is 18.4. The molecule has 7 heteroatoms. The molecule has 4 atom stereocenters. The maximum atomic E-state index is 12.5. The first-order chi connectivity index (χ1) is 18.6. The summed E-state index contributed by atoms with van der Waals surface area (Å²) >= 11 is 0. The summed E-state index contributed by atoms with van der Waals surface area (Å²) in [6, 6.07) is 13.5. The number of hydrogen-bond acceptors (Lipinski definition) is 7. The standard InChI is InChI=1S/C23H24O7.4C2H6/c1-26-16-7-3-14(4-8-16)22(24)29-19-12-11-18-20(13-28-21(18)19)30-23(25)15-5-9-17(27-2)10-6-15;4*1-2/h3-10,18-21H,11-13H2,1-2H3;4*1-2H3/t18-,19-,20-,21+;;;;/m1..../s1. The SMILES string of the molecule is CC.CC.CC.CC.COc1ccc(C(=O)O[C@@H]2CO[C@H]3[C@@H]2CC[C@H]3OC(=O)c2ccc(OC)cc2)cc1. The van der Waals surface area contributed by atoms with Crippen molar-refractivity contribution in [2.75, 3.05) is 20.8 Å². The van der Waals surface area contributed by atoms with Gasteiger partial charge < -0.3 is 23.7 Å². The molecule has 2 fully saturated rings. The van der Waals surface area contributed by atoms with Crippen LogP contribution in [-0.4, -0.2) is 51.1 Å². The first kappa shape index (κ1) is 34.9. The molecule has 0 bridgehead atoms. The van der Waals surface area contributed by atoms with Gasteiger partial charge in [0.05, 0.1) is 32.0 Å². The molecular weight excluding hydrogens is 484 g/mol. The van der Waals surface area contributed by atoms with E-state index in [0.29, 0.717) is 35.7 Å². The first-order valence-electron chi connectivity index (χ1n) is 13.9. The van der Waals surface area contributed by atoms with Crippen LogP contribution in [0.1, 0.15) is 88.9 Å². The van der Waals surface area contributed by atoms with Crippen LogP contribution >= 0.6 is 0 Å². The Labute approximate surface area is 229 Å². The highest BCUT2D eigenvalue weighted by molar-refractivity contribution is 5.90. The molecule has 2 aliphatic rings. The number of methoxy groups -OCH3 is 2. The topological polar surface area (TPSA) is 80.3 Å². The Balaban J connectivity index is 0.00000157. The molecule has 2 aromatic carbocycles. The van der Waals surface area contributed by atoms with Crippen LogP contribution in [0.4, 0.5) is 0 Å². The molecule has 0 radical (unpaired) electrons. The Morgan fingerprint density at radius 3 is 1.42 bits per heavy atom. The van der Waals surface area contributed by atoms with Gasteiger partial charge in [-0.2, -0.15) is 0 Å². The Morgan fingerprint density at radius 1 is 0.632 bits per heavy atom. The third-order valence-corrected chi connectivity index (χ3v) is 5.67. The fourth-order valence-electron chi connectivity index (χ4n) is 4.03. The summed E-state index contributed by atoms with van der Waals surface area (Å²) in [6.07, 6.45) is 0.476. The van der Waals surface area contributed by atoms with E-state index in [9.17, 15) is 9.59 Å². The van der Waals surface area contributed by atoms with Crippen molar-refractivity contribution in [3.05, 3.63) is 59.7 Å². The smallest absolute Gasteiger partial charge is 0.338 e. The van der Waals surface area contributed by atoms with E-state index in [1.165, 1.54) is 0 Å². The summed E-state index contributed by atoms with van der Waals surface area (Å²) in [7, 11) is 3.14. The van der Waals surface area contributed by atoms with E-state index in [4.69, 9.17) is 23.7 Å². The second kappa shape index (κ2) is 20.0. The van der Waals surface area contributed by atoms with Crippen LogP contribution in [0.5, 0.6) is 11.5 Å². The molecule has 7 nitrogen and oxygen atoms in total. The van der Waals surface area contributed by atoms with Crippen molar-refractivity contribution in [2.24, 2.45) is 5.92 Å². The van der Waals surface area contributed by atoms with Crippen LogP contribution < -0.4 is 9.47 Å². The van der Waals surface area contributed by atoms with Crippen molar-refractivity contribution in [2.45, 2.75) is 86.5 Å². The van der Waals surface area contributed by atoms with Crippen LogP contribution in [0, 0.1) is 5.92 Å². The number of rotatable bonds is 6. The van der Waals surface area contributed by atoms with Gasteiger partial charge in [-0.1, -0.05) is 55.4 Å². The minimum atomic E-state index is -0.398. The molecule has 0 N–H and O–H groups in total. The van der Waals surface area contributed by atoms with E-state index >= 15 is 0 Å². The monoisotopic (exact) mass is 532 g/mol. The molecule has 38 heavy (non-hydrogen) atoms. The summed E-state index contributed by atoms with van der Waals surface area (Å²) in [6.45, 7) is 16.3. The van der Waals surface area contributed by atoms with E-state index in [-0.39, 0.29) is 24.2 Å². The maximum absolute atomic E-state index is 12.5. The molecule has 1 heterocycles. The second-order valence-corrected chi connectivity index (χ2v) is 7.38. The number of fused-ring (bicyclic) bond motifs is 1. The summed E-state index contributed by atoms with van der Waals surface area (Å²) in [5, 5.41) is 0. The van der Waals surface area contributed by atoms with Crippen molar-refractivity contribution < 1.29 is 33.3 Å². The zero-order chi connectivity index (χ0) is 29.1. The molecule has 0 aromatic heterocycles. The summed E-state index contributed by atoms with van der Waals surface area (Å²) in [4.78, 5) is 24.9. The van der Waals surface area contributed by atoms with Gasteiger partial charge in [0.25, 0.3) is 0 Å². The van der Waals surface area contributed by atoms with E-state index in [1.807, 2.05) is 55.4 Å². The zero-order valence-electron chi connectivity index (χ0n) is 24.9. The lowest BCUT2D eigenvalue weighted by atomic mass is 10.0. The molecule has 2 aromatic rings. The second-order valence-electron chi connectivity index (χ2n) is 7.38. The lowest BCUT2D eigenvalue weighted by molar-refractivity contribution is -0.0234. The van der Waals surface area contributed by atoms with Crippen LogP contribution in [0.15, 0.2) is 48.5 Å². The Morgan fingerprint density at radius 2 is 1.03 bits per heavy atom. The highest BCUT2D eigenvalue weighted by Crippen LogP contribution is 2.39. The predicted molar refractivity (Wildman–Crippen MR) is 152 cm³/mol. The van der Waals surface area contributed by atoms with Crippen molar-refractivity contribution >= 4 is 11.9 Å². The third kappa shape index (κ3) is 9.67. The van der Waals surface area contributed by atoms with Crippen LogP contribution in [-0.2, 0) is 14.2 Å². The minimum absolute atomic E-state index is 0.0147. The molecule has 1 aliphatic carbocycles. The van der Waals surface area contributed by atoms with Gasteiger partial charge in [0.1, 0.15) is 29.8 Å². The molecule has 1 saturated heterocycles. The lowest BCUT2D eigenvalue weighted by Gasteiger charge is -2.19. The van der Waals surface area contributed by atoms with Crippen LogP contribution in [0.25, 0.3) is 0 Å². The molecular formula is C31H48O7. The van der Waals surface area contributed by atoms with E-state index < -0.39 is 11.9 Å². The summed E-state index contributed by atoms with van der Waals surface area (Å²) in [5.74, 6) is 0.568. The van der Waals surface area contributed by atoms with Gasteiger partial charge >= 0.3 is 11.9 Å². The van der Waals surface area contributed by atoms with E-state index in [0.717, 1.165) is 6.42 Å². The molecule has 1 aliphatic heterocycles. The zero-order valence-corrected chi connectivity index (χ0v) is 24.9. The van der Waals surface area contributed by atoms with Gasteiger partial charge in [-0.3, -0.25) is 0 Å². The number of ether oxygens (including phenoxy) is 5. The number of esters is 2. The van der Waals surface area contributed by atoms with E-state index in [2.05, 4.69) is 0 Å². The molecule has 1 saturated carbocycles. The quantitative estimate of drug-likeness (QED) is 0.359. The third-order valence-electron chi connectivity index (χ3n) is 5.67. The Bertz CT molecular complexity index is 818. The van der Waals surface area contributed by atoms with Crippen molar-refractivity contribution in [1.82, 2.24) is 0 Å². The normalized spacial score (nSPS) is 20.2. The van der Waals surface area contributed by atoms with Gasteiger partial charge in [0, 0.05) is 5.92 Å². The molecule has 0 unspecified atom stereocenters. The lowest BCUT2D eigenvalue weighted by Crippen LogP contribution is -2.31. The fourth-order valence-corrected chi connectivity index (χ4v) is 4.03. The molecule has 4 rings (SSSR count). The molecule has 0 spiro atoms. The van der Waals surface area contributed by atoms with Gasteiger partial charge in [-0.25, -0.2) is 9.59 Å². The fraction of sp³-hybridized carbons (Fsp3) is 0.548. The first-order valence-corrected chi connectivity index (χ1v) is 13.9. The van der Waals surface area contributed by atoms with Gasteiger partial charge in [0.15, 0.2) is 0 Å². The number of carbonyl (C=O) groups is 2. The van der Waals surface area contributed by atoms with Gasteiger partial charge in [-0.15, -0.1) is 0 Å². The van der Waals surface area contributed by atoms with Crippen molar-refractivity contribution in [3.63, 3.8) is 0 Å². The average Bonchev–Trinajstić information content (AvgIpc) is 3.60. The molecule has 214 valence electrons. The van der Waals surface area contributed by atoms with Crippen molar-refractivity contribution in [1.29, 1.82) is 0 Å². The minimum Gasteiger partial charge on any atom is -0.497 e. The maximum Gasteiger partial charge on any atom is 0.338 e. The number of carbonyl (C=O) groups excluding carboxylic acids is 2. The number of benzene rings is 2.